The van der Waals surface area contributed by atoms with Crippen molar-refractivity contribution in [3.8, 4) is 0 Å². The van der Waals surface area contributed by atoms with Crippen molar-refractivity contribution in [3.05, 3.63) is 70.9 Å². The Bertz CT molecular complexity index is 1100. The number of aromatic amines is 1. The molecule has 0 unspecified atom stereocenters. The van der Waals surface area contributed by atoms with Gasteiger partial charge in [0.25, 0.3) is 0 Å². The summed E-state index contributed by atoms with van der Waals surface area (Å²) in [5.74, 6) is 0.334. The number of amides is 1. The average molecular weight is 403 g/mol. The fourth-order valence-corrected chi connectivity index (χ4v) is 4.16. The van der Waals surface area contributed by atoms with Crippen LogP contribution in [0.1, 0.15) is 28.4 Å². The zero-order valence-electron chi connectivity index (χ0n) is 16.9. The van der Waals surface area contributed by atoms with Gasteiger partial charge in [-0.05, 0) is 35.8 Å². The predicted octanol–water partition coefficient (Wildman–Crippen LogP) is 3.33. The maximum absolute atomic E-state index is 12.7. The number of aromatic nitrogens is 2. The molecule has 2 heterocycles. The lowest BCUT2D eigenvalue weighted by Crippen LogP contribution is -2.38. The van der Waals surface area contributed by atoms with Crippen molar-refractivity contribution < 1.29 is 14.3 Å². The van der Waals surface area contributed by atoms with Crippen molar-refractivity contribution in [3.63, 3.8) is 0 Å². The Morgan fingerprint density at radius 2 is 2.17 bits per heavy atom. The van der Waals surface area contributed by atoms with Gasteiger partial charge in [0.15, 0.2) is 0 Å². The van der Waals surface area contributed by atoms with Gasteiger partial charge < -0.3 is 14.8 Å². The number of nitrogens with zero attached hydrogens (tertiary/aromatic N) is 1. The van der Waals surface area contributed by atoms with Crippen molar-refractivity contribution in [2.45, 2.75) is 25.5 Å². The fraction of sp³-hybridized carbons (Fsp3) is 0.333. The fourth-order valence-electron chi connectivity index (χ4n) is 4.16. The Morgan fingerprint density at radius 1 is 1.30 bits per heavy atom. The number of benzene rings is 2. The van der Waals surface area contributed by atoms with Gasteiger partial charge in [-0.2, -0.15) is 5.10 Å². The third-order valence-corrected chi connectivity index (χ3v) is 5.93. The van der Waals surface area contributed by atoms with Crippen molar-refractivity contribution in [2.24, 2.45) is 5.92 Å². The molecule has 154 valence electrons. The largest absolute Gasteiger partial charge is 0.381 e. The zero-order valence-corrected chi connectivity index (χ0v) is 16.9. The first kappa shape index (κ1) is 19.0. The minimum absolute atomic E-state index is 0.0521. The number of hydrogen-bond acceptors (Lipinski definition) is 4. The van der Waals surface area contributed by atoms with Crippen LogP contribution in [-0.4, -0.2) is 42.0 Å². The van der Waals surface area contributed by atoms with E-state index in [0.29, 0.717) is 12.5 Å². The SMILES string of the molecule is Cc1[nH]nc2cc(/C=C/C(=O)N[C@H]3c4ccccc4C[C@@H]3OCC3COC3)ccc12. The van der Waals surface area contributed by atoms with Crippen LogP contribution < -0.4 is 5.32 Å². The first-order valence-electron chi connectivity index (χ1n) is 10.4. The Balaban J connectivity index is 1.28. The minimum atomic E-state index is -0.143. The van der Waals surface area contributed by atoms with Crippen molar-refractivity contribution >= 4 is 22.9 Å². The molecule has 6 nitrogen and oxygen atoms in total. The number of carbonyl (C=O) groups excluding carboxylic acids is 1. The Labute approximate surface area is 175 Å². The zero-order chi connectivity index (χ0) is 20.5. The van der Waals surface area contributed by atoms with Crippen LogP contribution in [0.15, 0.2) is 48.5 Å². The highest BCUT2D eigenvalue weighted by Crippen LogP contribution is 2.34. The second kappa shape index (κ2) is 8.05. The summed E-state index contributed by atoms with van der Waals surface area (Å²) < 4.78 is 11.4. The molecule has 0 bridgehead atoms. The van der Waals surface area contributed by atoms with Gasteiger partial charge in [-0.25, -0.2) is 0 Å². The second-order valence-corrected chi connectivity index (χ2v) is 8.12. The Hall–Kier alpha value is -2.96. The standard InChI is InChI=1S/C24H25N3O3/c1-15-19-8-6-16(10-21(19)27-26-15)7-9-23(28)25-24-20-5-3-2-4-18(20)11-22(24)30-14-17-12-29-13-17/h2-10,17,22,24H,11-14H2,1H3,(H,25,28)(H,26,27)/b9-7+/t22-,24-/m0/s1. The molecule has 1 amide bonds. The van der Waals surface area contributed by atoms with Crippen LogP contribution in [-0.2, 0) is 20.7 Å². The molecule has 0 saturated carbocycles. The molecular weight excluding hydrogens is 378 g/mol. The third kappa shape index (κ3) is 3.76. The van der Waals surface area contributed by atoms with E-state index in [4.69, 9.17) is 9.47 Å². The Kier molecular flexibility index (Phi) is 5.11. The van der Waals surface area contributed by atoms with E-state index in [1.807, 2.05) is 43.3 Å². The molecule has 0 radical (unpaired) electrons. The molecule has 30 heavy (non-hydrogen) atoms. The average Bonchev–Trinajstić information content (AvgIpc) is 3.26. The summed E-state index contributed by atoms with van der Waals surface area (Å²) in [6.45, 7) is 4.19. The molecule has 1 aliphatic heterocycles. The van der Waals surface area contributed by atoms with Crippen LogP contribution in [0.3, 0.4) is 0 Å². The number of fused-ring (bicyclic) bond motifs is 2. The topological polar surface area (TPSA) is 76.2 Å². The number of hydrogen-bond donors (Lipinski definition) is 2. The lowest BCUT2D eigenvalue weighted by Gasteiger charge is -2.29. The first-order chi connectivity index (χ1) is 14.7. The maximum Gasteiger partial charge on any atom is 0.244 e. The summed E-state index contributed by atoms with van der Waals surface area (Å²) in [5.41, 5.74) is 5.25. The molecule has 2 N–H and O–H groups in total. The highest BCUT2D eigenvalue weighted by atomic mass is 16.5. The van der Waals surface area contributed by atoms with Crippen LogP contribution >= 0.6 is 0 Å². The number of rotatable bonds is 6. The quantitative estimate of drug-likeness (QED) is 0.619. The van der Waals surface area contributed by atoms with E-state index in [9.17, 15) is 4.79 Å². The molecule has 1 fully saturated rings. The van der Waals surface area contributed by atoms with Crippen LogP contribution in [0.5, 0.6) is 0 Å². The molecule has 0 spiro atoms. The summed E-state index contributed by atoms with van der Waals surface area (Å²) in [4.78, 5) is 12.7. The van der Waals surface area contributed by atoms with Crippen molar-refractivity contribution in [1.29, 1.82) is 0 Å². The molecule has 1 saturated heterocycles. The summed E-state index contributed by atoms with van der Waals surface area (Å²) >= 11 is 0. The van der Waals surface area contributed by atoms with Gasteiger partial charge in [-0.1, -0.05) is 36.4 Å². The first-order valence-corrected chi connectivity index (χ1v) is 10.4. The normalized spacial score (nSPS) is 21.1. The molecule has 5 rings (SSSR count). The summed E-state index contributed by atoms with van der Waals surface area (Å²) in [6.07, 6.45) is 4.16. The van der Waals surface area contributed by atoms with E-state index in [-0.39, 0.29) is 18.1 Å². The van der Waals surface area contributed by atoms with Gasteiger partial charge in [-0.3, -0.25) is 9.89 Å². The molecule has 1 aromatic heterocycles. The number of ether oxygens (including phenoxy) is 2. The van der Waals surface area contributed by atoms with Crippen molar-refractivity contribution in [1.82, 2.24) is 15.5 Å². The molecular formula is C24H25N3O3. The molecule has 6 heteroatoms. The number of carbonyl (C=O) groups is 1. The van der Waals surface area contributed by atoms with Crippen molar-refractivity contribution in [2.75, 3.05) is 19.8 Å². The number of nitrogens with one attached hydrogen (secondary N) is 2. The predicted molar refractivity (Wildman–Crippen MR) is 115 cm³/mol. The van der Waals surface area contributed by atoms with E-state index < -0.39 is 0 Å². The molecule has 2 atom stereocenters. The lowest BCUT2D eigenvalue weighted by atomic mass is 10.1. The van der Waals surface area contributed by atoms with Crippen LogP contribution in [0.25, 0.3) is 17.0 Å². The minimum Gasteiger partial charge on any atom is -0.381 e. The van der Waals surface area contributed by atoms with Gasteiger partial charge in [0, 0.05) is 29.5 Å². The summed E-state index contributed by atoms with van der Waals surface area (Å²) in [5, 5.41) is 11.5. The smallest absolute Gasteiger partial charge is 0.244 e. The van der Waals surface area contributed by atoms with Crippen LogP contribution in [0.4, 0.5) is 0 Å². The van der Waals surface area contributed by atoms with Gasteiger partial charge in [-0.15, -0.1) is 0 Å². The molecule has 3 aromatic rings. The lowest BCUT2D eigenvalue weighted by molar-refractivity contribution is -0.119. The second-order valence-electron chi connectivity index (χ2n) is 8.12. The van der Waals surface area contributed by atoms with Gasteiger partial charge in [0.1, 0.15) is 0 Å². The number of aryl methyl sites for hydroxylation is 1. The molecule has 2 aromatic carbocycles. The summed E-state index contributed by atoms with van der Waals surface area (Å²) in [7, 11) is 0. The molecule has 2 aliphatic rings. The van der Waals surface area contributed by atoms with E-state index in [1.54, 1.807) is 6.08 Å². The molecule has 1 aliphatic carbocycles. The van der Waals surface area contributed by atoms with Gasteiger partial charge in [0.05, 0.1) is 37.5 Å². The monoisotopic (exact) mass is 403 g/mol. The van der Waals surface area contributed by atoms with Gasteiger partial charge in [0.2, 0.25) is 5.91 Å². The highest BCUT2D eigenvalue weighted by Gasteiger charge is 2.34. The van der Waals surface area contributed by atoms with E-state index in [0.717, 1.165) is 47.4 Å². The summed E-state index contributed by atoms with van der Waals surface area (Å²) in [6, 6.07) is 14.1. The van der Waals surface area contributed by atoms with Gasteiger partial charge >= 0.3 is 0 Å². The van der Waals surface area contributed by atoms with E-state index in [2.05, 4.69) is 27.6 Å². The number of H-pyrrole nitrogens is 1. The van der Waals surface area contributed by atoms with E-state index >= 15 is 0 Å². The Morgan fingerprint density at radius 3 is 3.00 bits per heavy atom. The van der Waals surface area contributed by atoms with Crippen LogP contribution in [0, 0.1) is 12.8 Å². The van der Waals surface area contributed by atoms with E-state index in [1.165, 1.54) is 5.56 Å². The maximum atomic E-state index is 12.7. The third-order valence-electron chi connectivity index (χ3n) is 5.93. The van der Waals surface area contributed by atoms with Crippen LogP contribution in [0.2, 0.25) is 0 Å². The highest BCUT2D eigenvalue weighted by molar-refractivity contribution is 5.93.